The van der Waals surface area contributed by atoms with Gasteiger partial charge in [-0.1, -0.05) is 18.2 Å². The van der Waals surface area contributed by atoms with E-state index in [1.165, 1.54) is 24.4 Å². The van der Waals surface area contributed by atoms with Crippen LogP contribution in [0.2, 0.25) is 0 Å². The largest absolute Gasteiger partial charge is 0.416 e. The first-order valence-corrected chi connectivity index (χ1v) is 8.41. The lowest BCUT2D eigenvalue weighted by molar-refractivity contribution is -0.137. The minimum atomic E-state index is -4.55. The summed E-state index contributed by atoms with van der Waals surface area (Å²) in [5, 5.41) is 6.69. The average molecular weight is 340 g/mol. The Hall–Kier alpha value is -2.35. The number of aromatic nitrogens is 2. The average Bonchev–Trinajstić information content (AvgIpc) is 2.92. The van der Waals surface area contributed by atoms with Crippen molar-refractivity contribution in [2.24, 2.45) is 0 Å². The van der Waals surface area contributed by atoms with Crippen molar-refractivity contribution >= 4 is 20.7 Å². The fraction of sp³-hybridized carbons (Fsp3) is 0.133. The number of H-pyrrole nitrogens is 1. The Morgan fingerprint density at radius 3 is 2.43 bits per heavy atom. The molecule has 3 rings (SSSR count). The topological polar surface area (TPSA) is 62.8 Å². The Balaban J connectivity index is 2.40. The van der Waals surface area contributed by atoms with Crippen LogP contribution in [-0.4, -0.2) is 24.9 Å². The van der Waals surface area contributed by atoms with Gasteiger partial charge in [0, 0.05) is 17.2 Å². The lowest BCUT2D eigenvalue weighted by Crippen LogP contribution is -2.06. The molecule has 0 aliphatic rings. The van der Waals surface area contributed by atoms with Gasteiger partial charge < -0.3 is 0 Å². The smallest absolute Gasteiger partial charge is 0.278 e. The van der Waals surface area contributed by atoms with Gasteiger partial charge in [-0.05, 0) is 23.8 Å². The molecule has 0 atom stereocenters. The van der Waals surface area contributed by atoms with Gasteiger partial charge >= 0.3 is 6.18 Å². The molecule has 8 heteroatoms. The van der Waals surface area contributed by atoms with E-state index in [9.17, 15) is 21.6 Å². The van der Waals surface area contributed by atoms with Gasteiger partial charge in [0.05, 0.1) is 22.2 Å². The molecule has 0 radical (unpaired) electrons. The SMILES string of the molecule is CS(=O)(=O)c1ccccc1-c1cc(C(F)(F)F)cc2[nH]ncc12. The molecule has 1 N–H and O–H groups in total. The van der Waals surface area contributed by atoms with Crippen LogP contribution < -0.4 is 0 Å². The highest BCUT2D eigenvalue weighted by Gasteiger charge is 2.32. The molecule has 0 aliphatic heterocycles. The molecule has 0 aliphatic carbocycles. The maximum atomic E-state index is 13.1. The molecule has 0 unspecified atom stereocenters. The fourth-order valence-corrected chi connectivity index (χ4v) is 3.35. The number of nitrogens with one attached hydrogen (secondary N) is 1. The van der Waals surface area contributed by atoms with Crippen molar-refractivity contribution in [3.05, 3.63) is 48.2 Å². The van der Waals surface area contributed by atoms with Crippen LogP contribution in [0.4, 0.5) is 13.2 Å². The van der Waals surface area contributed by atoms with Crippen LogP contribution in [0.1, 0.15) is 5.56 Å². The first-order valence-electron chi connectivity index (χ1n) is 6.52. The summed E-state index contributed by atoms with van der Waals surface area (Å²) in [6.07, 6.45) is -2.15. The van der Waals surface area contributed by atoms with Crippen molar-refractivity contribution < 1.29 is 21.6 Å². The molecule has 0 spiro atoms. The second-order valence-corrected chi connectivity index (χ2v) is 7.11. The standard InChI is InChI=1S/C15H11F3N2O2S/c1-23(21,22)14-5-3-2-4-10(14)11-6-9(15(16,17)18)7-13-12(11)8-19-20-13/h2-8H,1H3,(H,19,20). The summed E-state index contributed by atoms with van der Waals surface area (Å²) < 4.78 is 63.2. The number of benzene rings is 2. The number of nitrogens with zero attached hydrogens (tertiary/aromatic N) is 1. The lowest BCUT2D eigenvalue weighted by atomic mass is 9.99. The predicted molar refractivity (Wildman–Crippen MR) is 79.6 cm³/mol. The van der Waals surface area contributed by atoms with Crippen LogP contribution >= 0.6 is 0 Å². The molecule has 2 aromatic carbocycles. The molecule has 0 saturated heterocycles. The van der Waals surface area contributed by atoms with Crippen molar-refractivity contribution in [1.29, 1.82) is 0 Å². The zero-order valence-electron chi connectivity index (χ0n) is 11.8. The Labute approximate surface area is 129 Å². The van der Waals surface area contributed by atoms with E-state index in [2.05, 4.69) is 10.2 Å². The van der Waals surface area contributed by atoms with Gasteiger partial charge in [-0.2, -0.15) is 18.3 Å². The third-order valence-corrected chi connectivity index (χ3v) is 4.62. The molecular weight excluding hydrogens is 329 g/mol. The summed E-state index contributed by atoms with van der Waals surface area (Å²) in [5.41, 5.74) is -0.289. The molecule has 0 bridgehead atoms. The Morgan fingerprint density at radius 2 is 1.78 bits per heavy atom. The Morgan fingerprint density at radius 1 is 1.09 bits per heavy atom. The first-order chi connectivity index (χ1) is 10.7. The summed E-state index contributed by atoms with van der Waals surface area (Å²) >= 11 is 0. The van der Waals surface area contributed by atoms with E-state index < -0.39 is 21.6 Å². The number of fused-ring (bicyclic) bond motifs is 1. The number of alkyl halides is 3. The maximum absolute atomic E-state index is 13.1. The highest BCUT2D eigenvalue weighted by molar-refractivity contribution is 7.90. The van der Waals surface area contributed by atoms with Crippen molar-refractivity contribution in [1.82, 2.24) is 10.2 Å². The zero-order chi connectivity index (χ0) is 16.8. The molecule has 0 saturated carbocycles. The molecule has 1 heterocycles. The maximum Gasteiger partial charge on any atom is 0.416 e. The quantitative estimate of drug-likeness (QED) is 0.774. The molecule has 0 fully saturated rings. The summed E-state index contributed by atoms with van der Waals surface area (Å²) in [6, 6.07) is 7.86. The molecule has 23 heavy (non-hydrogen) atoms. The Kier molecular flexibility index (Phi) is 3.44. The lowest BCUT2D eigenvalue weighted by Gasteiger charge is -2.13. The van der Waals surface area contributed by atoms with Gasteiger partial charge in [0.1, 0.15) is 0 Å². The van der Waals surface area contributed by atoms with Crippen LogP contribution in [0.15, 0.2) is 47.5 Å². The third-order valence-electron chi connectivity index (χ3n) is 3.46. The van der Waals surface area contributed by atoms with Gasteiger partial charge in [0.25, 0.3) is 0 Å². The Bertz CT molecular complexity index is 991. The van der Waals surface area contributed by atoms with Crippen LogP contribution in [0.25, 0.3) is 22.0 Å². The van der Waals surface area contributed by atoms with E-state index in [0.717, 1.165) is 18.4 Å². The summed E-state index contributed by atoms with van der Waals surface area (Å²) in [4.78, 5) is -0.0261. The van der Waals surface area contributed by atoms with E-state index in [-0.39, 0.29) is 21.5 Å². The van der Waals surface area contributed by atoms with Crippen molar-refractivity contribution in [3.63, 3.8) is 0 Å². The zero-order valence-corrected chi connectivity index (χ0v) is 12.7. The van der Waals surface area contributed by atoms with E-state index in [1.807, 2.05) is 0 Å². The van der Waals surface area contributed by atoms with Gasteiger partial charge in [0.15, 0.2) is 9.84 Å². The van der Waals surface area contributed by atoms with Gasteiger partial charge in [-0.3, -0.25) is 5.10 Å². The molecule has 0 amide bonds. The highest BCUT2D eigenvalue weighted by Crippen LogP contribution is 2.38. The molecule has 4 nitrogen and oxygen atoms in total. The normalized spacial score (nSPS) is 12.7. The number of halogens is 3. The summed E-state index contributed by atoms with van der Waals surface area (Å²) in [7, 11) is -3.59. The van der Waals surface area contributed by atoms with Crippen molar-refractivity contribution in [2.45, 2.75) is 11.1 Å². The van der Waals surface area contributed by atoms with Gasteiger partial charge in [-0.15, -0.1) is 0 Å². The first kappa shape index (κ1) is 15.5. The van der Waals surface area contributed by atoms with Crippen molar-refractivity contribution in [2.75, 3.05) is 6.26 Å². The minimum absolute atomic E-state index is 0.0261. The number of aromatic amines is 1. The van der Waals surface area contributed by atoms with Crippen LogP contribution in [0, 0.1) is 0 Å². The van der Waals surface area contributed by atoms with Crippen LogP contribution in [-0.2, 0) is 16.0 Å². The number of hydrogen-bond acceptors (Lipinski definition) is 3. The second kappa shape index (κ2) is 5.09. The van der Waals surface area contributed by atoms with E-state index in [4.69, 9.17) is 0 Å². The molecule has 1 aromatic heterocycles. The van der Waals surface area contributed by atoms with Crippen LogP contribution in [0.3, 0.4) is 0 Å². The van der Waals surface area contributed by atoms with Crippen molar-refractivity contribution in [3.8, 4) is 11.1 Å². The molecule has 120 valence electrons. The van der Waals surface area contributed by atoms with E-state index in [0.29, 0.717) is 5.39 Å². The molecular formula is C15H11F3N2O2S. The van der Waals surface area contributed by atoms with Gasteiger partial charge in [-0.25, -0.2) is 8.42 Å². The van der Waals surface area contributed by atoms with E-state index in [1.54, 1.807) is 6.07 Å². The third kappa shape index (κ3) is 2.81. The summed E-state index contributed by atoms with van der Waals surface area (Å²) in [5.74, 6) is 0. The highest BCUT2D eigenvalue weighted by atomic mass is 32.2. The summed E-state index contributed by atoms with van der Waals surface area (Å²) in [6.45, 7) is 0. The minimum Gasteiger partial charge on any atom is -0.278 e. The fourth-order valence-electron chi connectivity index (χ4n) is 2.45. The monoisotopic (exact) mass is 340 g/mol. The predicted octanol–water partition coefficient (Wildman–Crippen LogP) is 3.65. The number of rotatable bonds is 2. The van der Waals surface area contributed by atoms with Crippen LogP contribution in [0.5, 0.6) is 0 Å². The van der Waals surface area contributed by atoms with E-state index >= 15 is 0 Å². The van der Waals surface area contributed by atoms with Gasteiger partial charge in [0.2, 0.25) is 0 Å². The number of sulfone groups is 1. The molecule has 3 aromatic rings. The number of hydrogen-bond donors (Lipinski definition) is 1. The second-order valence-electron chi connectivity index (χ2n) is 5.12.